The van der Waals surface area contributed by atoms with Crippen LogP contribution in [0.5, 0.6) is 0 Å². The van der Waals surface area contributed by atoms with Gasteiger partial charge in [0, 0.05) is 0 Å². The van der Waals surface area contributed by atoms with Crippen LogP contribution in [-0.2, 0) is 0 Å². The Labute approximate surface area is 70.1 Å². The Kier molecular flexibility index (Phi) is 2.55. The zero-order valence-corrected chi connectivity index (χ0v) is 8.67. The molecule has 0 bridgehead atoms. The van der Waals surface area contributed by atoms with Crippen molar-refractivity contribution in [2.45, 2.75) is 44.1 Å². The van der Waals surface area contributed by atoms with Gasteiger partial charge in [-0.25, -0.2) is 0 Å². The van der Waals surface area contributed by atoms with E-state index in [9.17, 15) is 5.11 Å². The summed E-state index contributed by atoms with van der Waals surface area (Å²) in [6.45, 7) is 7.00. The Morgan fingerprint density at radius 1 is 1.36 bits per heavy atom. The highest BCUT2D eigenvalue weighted by molar-refractivity contribution is 6.77. The molecule has 2 heteroatoms. The molecule has 0 saturated carbocycles. The van der Waals surface area contributed by atoms with Gasteiger partial charge in [-0.15, -0.1) is 0 Å². The van der Waals surface area contributed by atoms with E-state index in [4.69, 9.17) is 0 Å². The number of hydrogen-bond acceptors (Lipinski definition) is 1. The maximum absolute atomic E-state index is 9.65. The van der Waals surface area contributed by atoms with Crippen LogP contribution in [0.2, 0.25) is 25.2 Å². The summed E-state index contributed by atoms with van der Waals surface area (Å²) in [5.41, 5.74) is 0.576. The van der Waals surface area contributed by atoms with Crippen molar-refractivity contribution in [3.8, 4) is 0 Å². The molecular weight excluding hydrogens is 152 g/mol. The highest BCUT2D eigenvalue weighted by atomic mass is 28.3. The monoisotopic (exact) mass is 170 g/mol. The fourth-order valence-electron chi connectivity index (χ4n) is 1.76. The summed E-state index contributed by atoms with van der Waals surface area (Å²) in [4.78, 5) is 0. The fraction of sp³-hybridized carbons (Fsp3) is 0.778. The third-order valence-corrected chi connectivity index (χ3v) is 5.36. The van der Waals surface area contributed by atoms with E-state index < -0.39 is 8.07 Å². The molecule has 0 aliphatic heterocycles. The van der Waals surface area contributed by atoms with E-state index in [1.54, 1.807) is 0 Å². The van der Waals surface area contributed by atoms with Crippen molar-refractivity contribution >= 4 is 8.07 Å². The van der Waals surface area contributed by atoms with Crippen molar-refractivity contribution in [3.05, 3.63) is 12.2 Å². The van der Waals surface area contributed by atoms with Crippen molar-refractivity contribution < 1.29 is 5.11 Å². The summed E-state index contributed by atoms with van der Waals surface area (Å²) in [6, 6.07) is 0. The molecule has 0 saturated heterocycles. The summed E-state index contributed by atoms with van der Waals surface area (Å²) < 4.78 is 0. The lowest BCUT2D eigenvalue weighted by molar-refractivity contribution is 0.201. The lowest BCUT2D eigenvalue weighted by Crippen LogP contribution is -2.36. The molecule has 2 atom stereocenters. The van der Waals surface area contributed by atoms with Gasteiger partial charge >= 0.3 is 0 Å². The Morgan fingerprint density at radius 3 is 2.36 bits per heavy atom. The van der Waals surface area contributed by atoms with Crippen LogP contribution in [0, 0.1) is 0 Å². The Morgan fingerprint density at radius 2 is 2.00 bits per heavy atom. The number of aliphatic hydroxyl groups excluding tert-OH is 1. The molecule has 0 amide bonds. The topological polar surface area (TPSA) is 20.2 Å². The van der Waals surface area contributed by atoms with Crippen LogP contribution in [-0.4, -0.2) is 19.3 Å². The second-order valence-corrected chi connectivity index (χ2v) is 9.94. The molecule has 0 aromatic carbocycles. The molecule has 11 heavy (non-hydrogen) atoms. The molecule has 0 spiro atoms. The highest BCUT2D eigenvalue weighted by Crippen LogP contribution is 2.33. The largest absolute Gasteiger partial charge is 0.389 e. The lowest BCUT2D eigenvalue weighted by atomic mass is 10.0. The van der Waals surface area contributed by atoms with E-state index in [1.807, 2.05) is 6.08 Å². The van der Waals surface area contributed by atoms with E-state index in [0.29, 0.717) is 5.54 Å². The highest BCUT2D eigenvalue weighted by Gasteiger charge is 2.32. The standard InChI is InChI=1S/C9H18OSi/c1-11(2,3)9-7-5-4-6-8(9)10/h4,6,8-10H,5,7H2,1-3H3/t8-,9-/m1/s1. The first-order valence-electron chi connectivity index (χ1n) is 4.36. The van der Waals surface area contributed by atoms with Crippen molar-refractivity contribution in [3.63, 3.8) is 0 Å². The van der Waals surface area contributed by atoms with Crippen molar-refractivity contribution in [2.24, 2.45) is 0 Å². The van der Waals surface area contributed by atoms with E-state index in [1.165, 1.54) is 6.42 Å². The van der Waals surface area contributed by atoms with Crippen molar-refractivity contribution in [1.82, 2.24) is 0 Å². The lowest BCUT2D eigenvalue weighted by Gasteiger charge is -2.33. The first-order chi connectivity index (χ1) is 5.02. The van der Waals surface area contributed by atoms with Crippen LogP contribution >= 0.6 is 0 Å². The third-order valence-electron chi connectivity index (χ3n) is 2.50. The second kappa shape index (κ2) is 3.11. The quantitative estimate of drug-likeness (QED) is 0.473. The van der Waals surface area contributed by atoms with Crippen LogP contribution in [0.15, 0.2) is 12.2 Å². The van der Waals surface area contributed by atoms with Gasteiger partial charge in [0.1, 0.15) is 0 Å². The van der Waals surface area contributed by atoms with Crippen LogP contribution in [0.25, 0.3) is 0 Å². The van der Waals surface area contributed by atoms with Crippen molar-refractivity contribution in [2.75, 3.05) is 0 Å². The summed E-state index contributed by atoms with van der Waals surface area (Å²) in [6.07, 6.45) is 6.25. The summed E-state index contributed by atoms with van der Waals surface area (Å²) in [5, 5.41) is 9.65. The van der Waals surface area contributed by atoms with Crippen LogP contribution < -0.4 is 0 Å². The minimum atomic E-state index is -1.12. The van der Waals surface area contributed by atoms with Gasteiger partial charge in [-0.2, -0.15) is 0 Å². The Bertz CT molecular complexity index is 157. The third kappa shape index (κ3) is 2.17. The van der Waals surface area contributed by atoms with Gasteiger partial charge in [0.2, 0.25) is 0 Å². The molecule has 1 rings (SSSR count). The minimum Gasteiger partial charge on any atom is -0.389 e. The molecule has 0 radical (unpaired) electrons. The SMILES string of the molecule is C[Si](C)(C)[C@@H]1CCC=C[C@H]1O. The molecule has 0 unspecified atom stereocenters. The Hall–Kier alpha value is -0.0831. The average Bonchev–Trinajstić information content (AvgIpc) is 1.86. The predicted molar refractivity (Wildman–Crippen MR) is 51.5 cm³/mol. The van der Waals surface area contributed by atoms with Gasteiger partial charge < -0.3 is 5.11 Å². The number of aliphatic hydroxyl groups is 1. The van der Waals surface area contributed by atoms with Crippen LogP contribution in [0.1, 0.15) is 12.8 Å². The van der Waals surface area contributed by atoms with Crippen molar-refractivity contribution in [1.29, 1.82) is 0 Å². The molecule has 1 nitrogen and oxygen atoms in total. The van der Waals surface area contributed by atoms with Gasteiger partial charge in [-0.1, -0.05) is 31.8 Å². The van der Waals surface area contributed by atoms with E-state index in [-0.39, 0.29) is 6.10 Å². The fourth-order valence-corrected chi connectivity index (χ4v) is 3.93. The maximum Gasteiger partial charge on any atom is 0.0725 e. The zero-order chi connectivity index (χ0) is 8.48. The molecular formula is C9H18OSi. The zero-order valence-electron chi connectivity index (χ0n) is 7.67. The first-order valence-corrected chi connectivity index (χ1v) is 7.94. The minimum absolute atomic E-state index is 0.157. The molecule has 1 aliphatic carbocycles. The summed E-state index contributed by atoms with van der Waals surface area (Å²) in [7, 11) is -1.12. The number of rotatable bonds is 1. The summed E-state index contributed by atoms with van der Waals surface area (Å²) in [5.74, 6) is 0. The first kappa shape index (κ1) is 9.01. The number of hydrogen-bond donors (Lipinski definition) is 1. The summed E-state index contributed by atoms with van der Waals surface area (Å²) >= 11 is 0. The molecule has 0 aromatic rings. The van der Waals surface area contributed by atoms with Gasteiger partial charge in [-0.05, 0) is 18.4 Å². The normalized spacial score (nSPS) is 32.4. The molecule has 1 aliphatic rings. The van der Waals surface area contributed by atoms with E-state index in [2.05, 4.69) is 25.7 Å². The Balaban J connectivity index is 2.65. The second-order valence-electron chi connectivity index (χ2n) is 4.47. The van der Waals surface area contributed by atoms with Gasteiger partial charge in [0.15, 0.2) is 0 Å². The van der Waals surface area contributed by atoms with E-state index >= 15 is 0 Å². The maximum atomic E-state index is 9.65. The number of allylic oxidation sites excluding steroid dienone is 1. The van der Waals surface area contributed by atoms with Crippen LogP contribution in [0.3, 0.4) is 0 Å². The van der Waals surface area contributed by atoms with Gasteiger partial charge in [0.05, 0.1) is 14.2 Å². The molecule has 0 heterocycles. The molecule has 0 aromatic heterocycles. The molecule has 0 fully saturated rings. The smallest absolute Gasteiger partial charge is 0.0725 e. The van der Waals surface area contributed by atoms with Gasteiger partial charge in [-0.3, -0.25) is 0 Å². The van der Waals surface area contributed by atoms with E-state index in [0.717, 1.165) is 6.42 Å². The predicted octanol–water partition coefficient (Wildman–Crippen LogP) is 2.41. The average molecular weight is 170 g/mol. The molecule has 1 N–H and O–H groups in total. The van der Waals surface area contributed by atoms with Gasteiger partial charge in [0.25, 0.3) is 0 Å². The molecule has 64 valence electrons. The van der Waals surface area contributed by atoms with Crippen LogP contribution in [0.4, 0.5) is 0 Å².